The molecule has 2 bridgehead atoms. The molecule has 1 aromatic rings. The smallest absolute Gasteiger partial charge is 0.374 e. The van der Waals surface area contributed by atoms with Gasteiger partial charge in [0, 0.05) is 13.1 Å². The van der Waals surface area contributed by atoms with Crippen molar-refractivity contribution < 1.29 is 21.9 Å². The standard InChI is InChI=1S/C11H16N2O5S/c1-3-13(7(2)14)9-4-5-10-8(6-12)11(9)18-19(15,16)17-10/h4-5,7,14H,3,6,12H2,1-2H3. The lowest BCUT2D eigenvalue weighted by atomic mass is 10.1. The number of nitrogens with two attached hydrogens (primary N) is 1. The minimum atomic E-state index is -4.12. The zero-order valence-electron chi connectivity index (χ0n) is 10.7. The van der Waals surface area contributed by atoms with Gasteiger partial charge in [0.2, 0.25) is 0 Å². The fourth-order valence-corrected chi connectivity index (χ4v) is 2.85. The summed E-state index contributed by atoms with van der Waals surface area (Å²) in [5, 5.41) is 9.72. The van der Waals surface area contributed by atoms with Crippen LogP contribution in [0.3, 0.4) is 0 Å². The number of aliphatic hydroxyl groups excluding tert-OH is 1. The zero-order valence-corrected chi connectivity index (χ0v) is 11.5. The summed E-state index contributed by atoms with van der Waals surface area (Å²) >= 11 is 0. The minimum Gasteiger partial charge on any atom is -0.374 e. The third-order valence-corrected chi connectivity index (χ3v) is 3.63. The van der Waals surface area contributed by atoms with E-state index in [-0.39, 0.29) is 18.0 Å². The highest BCUT2D eigenvalue weighted by molar-refractivity contribution is 7.82. The molecule has 0 saturated heterocycles. The molecule has 7 nitrogen and oxygen atoms in total. The minimum absolute atomic E-state index is 0.0748. The Kier molecular flexibility index (Phi) is 3.57. The highest BCUT2D eigenvalue weighted by Crippen LogP contribution is 2.42. The predicted molar refractivity (Wildman–Crippen MR) is 69.2 cm³/mol. The predicted octanol–water partition coefficient (Wildman–Crippen LogP) is 0.326. The van der Waals surface area contributed by atoms with Crippen LogP contribution in [0.1, 0.15) is 19.4 Å². The number of hydrogen-bond donors (Lipinski definition) is 2. The molecule has 0 fully saturated rings. The second kappa shape index (κ2) is 4.87. The second-order valence-electron chi connectivity index (χ2n) is 4.09. The molecule has 0 spiro atoms. The first-order valence-corrected chi connectivity index (χ1v) is 7.17. The Balaban J connectivity index is 2.61. The summed E-state index contributed by atoms with van der Waals surface area (Å²) in [4.78, 5) is 1.60. The van der Waals surface area contributed by atoms with Gasteiger partial charge >= 0.3 is 10.4 Å². The maximum atomic E-state index is 11.5. The van der Waals surface area contributed by atoms with Gasteiger partial charge in [0.25, 0.3) is 0 Å². The fraction of sp³-hybridized carbons (Fsp3) is 0.455. The van der Waals surface area contributed by atoms with Crippen LogP contribution in [0.25, 0.3) is 0 Å². The third kappa shape index (κ3) is 2.46. The van der Waals surface area contributed by atoms with Crippen LogP contribution >= 0.6 is 0 Å². The van der Waals surface area contributed by atoms with Gasteiger partial charge in [-0.1, -0.05) is 0 Å². The molecule has 0 saturated carbocycles. The van der Waals surface area contributed by atoms with Gasteiger partial charge in [-0.15, -0.1) is 8.42 Å². The van der Waals surface area contributed by atoms with Crippen molar-refractivity contribution in [2.24, 2.45) is 5.73 Å². The van der Waals surface area contributed by atoms with Crippen molar-refractivity contribution in [2.45, 2.75) is 26.6 Å². The number of fused-ring (bicyclic) bond motifs is 2. The summed E-state index contributed by atoms with van der Waals surface area (Å²) in [7, 11) is -4.12. The Morgan fingerprint density at radius 1 is 1.42 bits per heavy atom. The number of aliphatic hydroxyl groups is 1. The van der Waals surface area contributed by atoms with Gasteiger partial charge in [0.05, 0.1) is 11.3 Å². The third-order valence-electron chi connectivity index (χ3n) is 2.88. The lowest BCUT2D eigenvalue weighted by Crippen LogP contribution is -2.34. The van der Waals surface area contributed by atoms with Crippen LogP contribution in [0.2, 0.25) is 0 Å². The molecule has 1 aliphatic rings. The molecule has 106 valence electrons. The molecule has 1 atom stereocenters. The van der Waals surface area contributed by atoms with E-state index in [1.54, 1.807) is 17.9 Å². The van der Waals surface area contributed by atoms with Crippen molar-refractivity contribution >= 4 is 16.1 Å². The highest BCUT2D eigenvalue weighted by Gasteiger charge is 2.32. The van der Waals surface area contributed by atoms with Crippen molar-refractivity contribution in [2.75, 3.05) is 11.4 Å². The number of nitrogens with zero attached hydrogens (tertiary/aromatic N) is 1. The molecule has 1 unspecified atom stereocenters. The van der Waals surface area contributed by atoms with Gasteiger partial charge < -0.3 is 24.1 Å². The topological polar surface area (TPSA) is 102 Å². The Bertz CT molecular complexity index is 585. The van der Waals surface area contributed by atoms with Crippen LogP contribution in [-0.4, -0.2) is 26.3 Å². The van der Waals surface area contributed by atoms with Crippen molar-refractivity contribution in [3.63, 3.8) is 0 Å². The Labute approximate surface area is 111 Å². The molecular formula is C11H16N2O5S. The molecule has 1 aromatic carbocycles. The summed E-state index contributed by atoms with van der Waals surface area (Å²) in [6, 6.07) is 3.14. The average Bonchev–Trinajstić information content (AvgIpc) is 2.30. The van der Waals surface area contributed by atoms with Crippen LogP contribution in [0.4, 0.5) is 5.69 Å². The number of hydrogen-bond acceptors (Lipinski definition) is 7. The van der Waals surface area contributed by atoms with E-state index in [4.69, 9.17) is 14.1 Å². The van der Waals surface area contributed by atoms with Crippen LogP contribution in [0, 0.1) is 0 Å². The van der Waals surface area contributed by atoms with Crippen LogP contribution in [0.15, 0.2) is 12.1 Å². The number of benzene rings is 1. The molecule has 0 amide bonds. The lowest BCUT2D eigenvalue weighted by Gasteiger charge is -2.30. The van der Waals surface area contributed by atoms with Gasteiger partial charge in [-0.3, -0.25) is 0 Å². The Hall–Kier alpha value is -1.51. The number of rotatable bonds is 4. The Morgan fingerprint density at radius 2 is 2.11 bits per heavy atom. The summed E-state index contributed by atoms with van der Waals surface area (Å²) in [5.41, 5.74) is 6.53. The SMILES string of the molecule is CCN(c1ccc2c(CN)c1OS(=O)(=O)O2)C(C)O. The first-order valence-electron chi connectivity index (χ1n) is 5.84. The number of anilines is 1. The van der Waals surface area contributed by atoms with Gasteiger partial charge in [-0.05, 0) is 26.0 Å². The monoisotopic (exact) mass is 288 g/mol. The van der Waals surface area contributed by atoms with E-state index in [2.05, 4.69) is 0 Å². The molecule has 3 N–H and O–H groups in total. The average molecular weight is 288 g/mol. The first kappa shape index (κ1) is 13.9. The maximum Gasteiger partial charge on any atom is 0.501 e. The van der Waals surface area contributed by atoms with E-state index < -0.39 is 16.6 Å². The molecule has 19 heavy (non-hydrogen) atoms. The van der Waals surface area contributed by atoms with E-state index in [0.29, 0.717) is 17.8 Å². The van der Waals surface area contributed by atoms with Gasteiger partial charge in [0.15, 0.2) is 11.5 Å². The normalized spacial score (nSPS) is 17.3. The van der Waals surface area contributed by atoms with E-state index in [0.717, 1.165) is 0 Å². The van der Waals surface area contributed by atoms with Crippen molar-refractivity contribution in [1.29, 1.82) is 0 Å². The van der Waals surface area contributed by atoms with Gasteiger partial charge in [-0.2, -0.15) is 0 Å². The molecule has 2 rings (SSSR count). The summed E-state index contributed by atoms with van der Waals surface area (Å²) in [5.74, 6) is 0.281. The van der Waals surface area contributed by atoms with Crippen LogP contribution in [0.5, 0.6) is 11.5 Å². The molecule has 0 radical (unpaired) electrons. The molecule has 1 aliphatic heterocycles. The summed E-state index contributed by atoms with van der Waals surface area (Å²) in [6.07, 6.45) is -0.785. The molecule has 1 heterocycles. The van der Waals surface area contributed by atoms with E-state index in [1.165, 1.54) is 6.07 Å². The van der Waals surface area contributed by atoms with Crippen molar-refractivity contribution in [3.8, 4) is 11.5 Å². The summed E-state index contributed by atoms with van der Waals surface area (Å²) in [6.45, 7) is 3.98. The first-order chi connectivity index (χ1) is 8.89. The molecule has 0 aromatic heterocycles. The van der Waals surface area contributed by atoms with E-state index in [1.807, 2.05) is 6.92 Å². The largest absolute Gasteiger partial charge is 0.501 e. The summed E-state index contributed by atoms with van der Waals surface area (Å²) < 4.78 is 32.6. The zero-order chi connectivity index (χ0) is 14.2. The lowest BCUT2D eigenvalue weighted by molar-refractivity contribution is 0.189. The van der Waals surface area contributed by atoms with Gasteiger partial charge in [0.1, 0.15) is 6.23 Å². The Morgan fingerprint density at radius 3 is 2.63 bits per heavy atom. The fourth-order valence-electron chi connectivity index (χ4n) is 2.05. The molecule has 8 heteroatoms. The van der Waals surface area contributed by atoms with Crippen molar-refractivity contribution in [3.05, 3.63) is 17.7 Å². The molecular weight excluding hydrogens is 272 g/mol. The van der Waals surface area contributed by atoms with E-state index in [9.17, 15) is 13.5 Å². The molecule has 0 aliphatic carbocycles. The van der Waals surface area contributed by atoms with Crippen LogP contribution in [-0.2, 0) is 16.9 Å². The van der Waals surface area contributed by atoms with Crippen LogP contribution < -0.4 is 19.0 Å². The van der Waals surface area contributed by atoms with Gasteiger partial charge in [-0.25, -0.2) is 0 Å². The second-order valence-corrected chi connectivity index (χ2v) is 5.24. The van der Waals surface area contributed by atoms with Crippen molar-refractivity contribution in [1.82, 2.24) is 0 Å². The maximum absolute atomic E-state index is 11.5. The van der Waals surface area contributed by atoms with E-state index >= 15 is 0 Å². The quantitative estimate of drug-likeness (QED) is 0.769. The highest BCUT2D eigenvalue weighted by atomic mass is 32.3.